The van der Waals surface area contributed by atoms with Crippen molar-refractivity contribution in [3.63, 3.8) is 0 Å². The number of carbonyl (C=O) groups excluding carboxylic acids is 2. The summed E-state index contributed by atoms with van der Waals surface area (Å²) in [5.41, 5.74) is 7.18. The first-order valence-electron chi connectivity index (χ1n) is 8.22. The number of anilines is 2. The van der Waals surface area contributed by atoms with Gasteiger partial charge in [0.15, 0.2) is 6.29 Å². The van der Waals surface area contributed by atoms with Gasteiger partial charge in [0, 0.05) is 22.5 Å². The minimum atomic E-state index is -4.43. The van der Waals surface area contributed by atoms with E-state index in [1.807, 2.05) is 0 Å². The van der Waals surface area contributed by atoms with Gasteiger partial charge in [-0.1, -0.05) is 30.3 Å². The molecule has 0 heterocycles. The van der Waals surface area contributed by atoms with Gasteiger partial charge >= 0.3 is 6.18 Å². The molecule has 0 aliphatic rings. The number of hydrogen-bond donors (Lipinski definition) is 2. The van der Waals surface area contributed by atoms with Crippen molar-refractivity contribution >= 4 is 23.6 Å². The fraction of sp³-hybridized carbons (Fsp3) is 0.0476. The molecule has 0 saturated heterocycles. The topological polar surface area (TPSA) is 72.2 Å². The molecular formula is C21H15F3N2O2. The number of nitrogens with one attached hydrogen (secondary N) is 1. The van der Waals surface area contributed by atoms with Gasteiger partial charge in [0.25, 0.3) is 5.91 Å². The van der Waals surface area contributed by atoms with Gasteiger partial charge in [-0.25, -0.2) is 0 Å². The highest BCUT2D eigenvalue weighted by atomic mass is 19.4. The smallest absolute Gasteiger partial charge is 0.398 e. The van der Waals surface area contributed by atoms with E-state index in [0.717, 1.165) is 12.1 Å². The molecule has 0 aliphatic heterocycles. The zero-order valence-electron chi connectivity index (χ0n) is 14.5. The zero-order valence-corrected chi connectivity index (χ0v) is 14.5. The van der Waals surface area contributed by atoms with Crippen molar-refractivity contribution in [2.45, 2.75) is 6.18 Å². The van der Waals surface area contributed by atoms with E-state index in [2.05, 4.69) is 5.32 Å². The van der Waals surface area contributed by atoms with Crippen molar-refractivity contribution in [3.05, 3.63) is 83.4 Å². The third kappa shape index (κ3) is 4.03. The number of hydrogen-bond acceptors (Lipinski definition) is 3. The number of nitrogen functional groups attached to an aromatic ring is 1. The third-order valence-corrected chi connectivity index (χ3v) is 4.17. The molecular weight excluding hydrogens is 369 g/mol. The van der Waals surface area contributed by atoms with Crippen LogP contribution in [0.4, 0.5) is 24.5 Å². The van der Waals surface area contributed by atoms with Gasteiger partial charge in [0.1, 0.15) is 0 Å². The summed E-state index contributed by atoms with van der Waals surface area (Å²) in [6.45, 7) is 0. The fourth-order valence-corrected chi connectivity index (χ4v) is 2.73. The summed E-state index contributed by atoms with van der Waals surface area (Å²) in [4.78, 5) is 23.5. The second kappa shape index (κ2) is 7.56. The number of halogens is 3. The van der Waals surface area contributed by atoms with Crippen LogP contribution < -0.4 is 11.1 Å². The zero-order chi connectivity index (χ0) is 20.3. The van der Waals surface area contributed by atoms with Crippen LogP contribution in [-0.4, -0.2) is 12.2 Å². The van der Waals surface area contributed by atoms with Crippen LogP contribution >= 0.6 is 0 Å². The molecule has 0 fully saturated rings. The molecule has 0 bridgehead atoms. The lowest BCUT2D eigenvalue weighted by atomic mass is 9.98. The van der Waals surface area contributed by atoms with Gasteiger partial charge in [0.05, 0.1) is 5.56 Å². The van der Waals surface area contributed by atoms with Gasteiger partial charge in [-0.2, -0.15) is 13.2 Å². The molecule has 0 aliphatic carbocycles. The molecule has 0 unspecified atom stereocenters. The van der Waals surface area contributed by atoms with Gasteiger partial charge in [-0.05, 0) is 47.5 Å². The number of rotatable bonds is 4. The highest BCUT2D eigenvalue weighted by Gasteiger charge is 2.30. The average molecular weight is 384 g/mol. The molecule has 1 amide bonds. The van der Waals surface area contributed by atoms with E-state index in [1.54, 1.807) is 30.3 Å². The monoisotopic (exact) mass is 384 g/mol. The molecule has 0 atom stereocenters. The van der Waals surface area contributed by atoms with Gasteiger partial charge in [-0.3, -0.25) is 9.59 Å². The Morgan fingerprint density at radius 1 is 0.964 bits per heavy atom. The van der Waals surface area contributed by atoms with Crippen LogP contribution in [0.25, 0.3) is 11.1 Å². The maximum atomic E-state index is 12.8. The Labute approximate surface area is 158 Å². The number of amides is 1. The first-order chi connectivity index (χ1) is 13.3. The minimum Gasteiger partial charge on any atom is -0.398 e. The Kier molecular flexibility index (Phi) is 5.17. The summed E-state index contributed by atoms with van der Waals surface area (Å²) in [6.07, 6.45) is -3.82. The molecule has 7 heteroatoms. The lowest BCUT2D eigenvalue weighted by Gasteiger charge is -2.12. The molecule has 3 N–H and O–H groups in total. The summed E-state index contributed by atoms with van der Waals surface area (Å²) in [6, 6.07) is 15.7. The number of carbonyl (C=O) groups is 2. The third-order valence-electron chi connectivity index (χ3n) is 4.17. The van der Waals surface area contributed by atoms with Crippen LogP contribution in [0.2, 0.25) is 0 Å². The minimum absolute atomic E-state index is 0.226. The predicted octanol–water partition coefficient (Wildman–Crippen LogP) is 5.02. The SMILES string of the molecule is Nc1cc(NC(=O)c2ccccc2-c2ccc(C(F)(F)F)cc2)ccc1C=O. The number of aldehydes is 1. The van der Waals surface area contributed by atoms with Crippen molar-refractivity contribution in [1.29, 1.82) is 0 Å². The maximum absolute atomic E-state index is 12.8. The lowest BCUT2D eigenvalue weighted by molar-refractivity contribution is -0.137. The standard InChI is InChI=1S/C21H15F3N2O2/c22-21(23,24)15-8-5-13(6-9-15)17-3-1-2-4-18(17)20(28)26-16-10-7-14(12-27)19(25)11-16/h1-12H,25H2,(H,26,28). The summed E-state index contributed by atoms with van der Waals surface area (Å²) in [5.74, 6) is -0.450. The molecule has 3 rings (SSSR count). The van der Waals surface area contributed by atoms with E-state index in [0.29, 0.717) is 34.2 Å². The molecule has 3 aromatic rings. The molecule has 0 saturated carbocycles. The normalized spacial score (nSPS) is 11.1. The van der Waals surface area contributed by atoms with Crippen LogP contribution in [0.1, 0.15) is 26.3 Å². The van der Waals surface area contributed by atoms with Crippen molar-refractivity contribution in [3.8, 4) is 11.1 Å². The van der Waals surface area contributed by atoms with Crippen LogP contribution in [0.5, 0.6) is 0 Å². The first-order valence-corrected chi connectivity index (χ1v) is 8.22. The fourth-order valence-electron chi connectivity index (χ4n) is 2.73. The molecule has 0 aromatic heterocycles. The van der Waals surface area contributed by atoms with E-state index < -0.39 is 17.6 Å². The maximum Gasteiger partial charge on any atom is 0.416 e. The van der Waals surface area contributed by atoms with Crippen LogP contribution in [-0.2, 0) is 6.18 Å². The quantitative estimate of drug-likeness (QED) is 0.490. The summed E-state index contributed by atoms with van der Waals surface area (Å²) < 4.78 is 38.3. The van der Waals surface area contributed by atoms with Crippen LogP contribution in [0.3, 0.4) is 0 Å². The highest BCUT2D eigenvalue weighted by Crippen LogP contribution is 2.32. The average Bonchev–Trinajstić information content (AvgIpc) is 2.67. The molecule has 142 valence electrons. The number of alkyl halides is 3. The number of benzene rings is 3. The summed E-state index contributed by atoms with van der Waals surface area (Å²) in [5, 5.41) is 2.68. The summed E-state index contributed by atoms with van der Waals surface area (Å²) >= 11 is 0. The van der Waals surface area contributed by atoms with E-state index >= 15 is 0 Å². The van der Waals surface area contributed by atoms with Crippen LogP contribution in [0.15, 0.2) is 66.7 Å². The van der Waals surface area contributed by atoms with Gasteiger partial charge < -0.3 is 11.1 Å². The Morgan fingerprint density at radius 2 is 1.64 bits per heavy atom. The Bertz CT molecular complexity index is 1030. The Balaban J connectivity index is 1.90. The molecule has 0 spiro atoms. The highest BCUT2D eigenvalue weighted by molar-refractivity contribution is 6.09. The molecule has 3 aromatic carbocycles. The van der Waals surface area contributed by atoms with Crippen molar-refractivity contribution in [1.82, 2.24) is 0 Å². The van der Waals surface area contributed by atoms with Gasteiger partial charge in [-0.15, -0.1) is 0 Å². The number of nitrogens with two attached hydrogens (primary N) is 1. The van der Waals surface area contributed by atoms with E-state index in [9.17, 15) is 22.8 Å². The van der Waals surface area contributed by atoms with Gasteiger partial charge in [0.2, 0.25) is 0 Å². The predicted molar refractivity (Wildman–Crippen MR) is 101 cm³/mol. The molecule has 28 heavy (non-hydrogen) atoms. The molecule has 0 radical (unpaired) electrons. The second-order valence-corrected chi connectivity index (χ2v) is 6.04. The second-order valence-electron chi connectivity index (χ2n) is 6.04. The largest absolute Gasteiger partial charge is 0.416 e. The first kappa shape index (κ1) is 19.2. The van der Waals surface area contributed by atoms with Crippen molar-refractivity contribution < 1.29 is 22.8 Å². The van der Waals surface area contributed by atoms with E-state index in [-0.39, 0.29) is 5.69 Å². The van der Waals surface area contributed by atoms with Crippen molar-refractivity contribution in [2.75, 3.05) is 11.1 Å². The van der Waals surface area contributed by atoms with Crippen molar-refractivity contribution in [2.24, 2.45) is 0 Å². The van der Waals surface area contributed by atoms with Crippen LogP contribution in [0, 0.1) is 0 Å². The van der Waals surface area contributed by atoms with E-state index in [4.69, 9.17) is 5.73 Å². The van der Waals surface area contributed by atoms with E-state index in [1.165, 1.54) is 24.3 Å². The lowest BCUT2D eigenvalue weighted by Crippen LogP contribution is -2.13. The molecule has 4 nitrogen and oxygen atoms in total. The Hall–Kier alpha value is -3.61. The summed E-state index contributed by atoms with van der Waals surface area (Å²) in [7, 11) is 0. The Morgan fingerprint density at radius 3 is 2.25 bits per heavy atom.